The molecule has 4 bridgehead atoms. The van der Waals surface area contributed by atoms with Crippen LogP contribution in [0.1, 0.15) is 39.5 Å². The van der Waals surface area contributed by atoms with Crippen LogP contribution in [0.4, 0.5) is 0 Å². The van der Waals surface area contributed by atoms with Gasteiger partial charge in [0.2, 0.25) is 5.79 Å². The summed E-state index contributed by atoms with van der Waals surface area (Å²) in [6.07, 6.45) is -0.747. The minimum atomic E-state index is -2.15. The number of ketones is 1. The summed E-state index contributed by atoms with van der Waals surface area (Å²) in [5.41, 5.74) is -2.49. The molecule has 4 aliphatic carbocycles. The highest BCUT2D eigenvalue weighted by Gasteiger charge is 2.86. The van der Waals surface area contributed by atoms with E-state index in [1.54, 1.807) is 0 Å². The average Bonchev–Trinajstić information content (AvgIpc) is 2.69. The van der Waals surface area contributed by atoms with Crippen molar-refractivity contribution in [2.45, 2.75) is 63.6 Å². The van der Waals surface area contributed by atoms with Gasteiger partial charge in [-0.15, -0.1) is 0 Å². The van der Waals surface area contributed by atoms with Gasteiger partial charge in [-0.05, 0) is 42.6 Å². The van der Waals surface area contributed by atoms with Gasteiger partial charge in [0.25, 0.3) is 0 Å². The normalized spacial score (nSPS) is 59.9. The van der Waals surface area contributed by atoms with E-state index in [0.29, 0.717) is 24.8 Å². The number of carbonyl (C=O) groups excluding carboxylic acids is 1. The third-order valence-corrected chi connectivity index (χ3v) is 8.88. The highest BCUT2D eigenvalue weighted by atomic mass is 16.6. The summed E-state index contributed by atoms with van der Waals surface area (Å²) >= 11 is 0. The van der Waals surface area contributed by atoms with Gasteiger partial charge >= 0.3 is 0 Å². The van der Waals surface area contributed by atoms with E-state index in [1.807, 2.05) is 13.8 Å². The summed E-state index contributed by atoms with van der Waals surface area (Å²) in [7, 11) is 0. The number of ether oxygens (including phenoxy) is 1. The monoisotopic (exact) mass is 364 g/mol. The zero-order valence-corrected chi connectivity index (χ0v) is 15.3. The lowest BCUT2D eigenvalue weighted by Crippen LogP contribution is -2.85. The van der Waals surface area contributed by atoms with Gasteiger partial charge in [-0.3, -0.25) is 4.79 Å². The molecule has 26 heavy (non-hydrogen) atoms. The predicted molar refractivity (Wildman–Crippen MR) is 90.7 cm³/mol. The Morgan fingerprint density at radius 2 is 1.81 bits per heavy atom. The molecule has 0 aromatic carbocycles. The van der Waals surface area contributed by atoms with Crippen molar-refractivity contribution >= 4 is 5.78 Å². The summed E-state index contributed by atoms with van der Waals surface area (Å²) in [6, 6.07) is 0. The topological polar surface area (TPSA) is 107 Å². The number of fused-ring (bicyclic) bond motifs is 2. The molecule has 0 aromatic heterocycles. The molecule has 2 aliphatic heterocycles. The second-order valence-electron chi connectivity index (χ2n) is 9.97. The molecule has 2 spiro atoms. The molecular formula is C20H28O6. The van der Waals surface area contributed by atoms with Gasteiger partial charge in [-0.1, -0.05) is 20.4 Å². The van der Waals surface area contributed by atoms with Crippen molar-refractivity contribution < 1.29 is 30.0 Å². The van der Waals surface area contributed by atoms with Crippen molar-refractivity contribution in [3.05, 3.63) is 12.2 Å². The molecule has 0 radical (unpaired) electrons. The van der Waals surface area contributed by atoms with Crippen LogP contribution in [0.25, 0.3) is 0 Å². The number of rotatable bonds is 0. The number of carbonyl (C=O) groups is 1. The first kappa shape index (κ1) is 17.3. The Kier molecular flexibility index (Phi) is 3.07. The molecule has 4 N–H and O–H groups in total. The first-order valence-electron chi connectivity index (χ1n) is 9.71. The minimum absolute atomic E-state index is 0.0966. The number of hydrogen-bond acceptors (Lipinski definition) is 6. The largest absolute Gasteiger partial charge is 0.392 e. The SMILES string of the molecule is C=C1C(=O)[C@@]23C(O)[C@H]1CCC2[C@]12CO[C@]3(O)C(O)[C@@H]1C(C)(C)CCC2O. The summed E-state index contributed by atoms with van der Waals surface area (Å²) < 4.78 is 5.80. The van der Waals surface area contributed by atoms with E-state index in [1.165, 1.54) is 0 Å². The van der Waals surface area contributed by atoms with E-state index in [-0.39, 0.29) is 12.0 Å². The molecule has 2 saturated heterocycles. The first-order chi connectivity index (χ1) is 12.1. The van der Waals surface area contributed by atoms with Crippen molar-refractivity contribution in [1.29, 1.82) is 0 Å². The maximum absolute atomic E-state index is 13.3. The Bertz CT molecular complexity index is 717. The Hall–Kier alpha value is -0.790. The number of aliphatic hydroxyl groups excluding tert-OH is 3. The van der Waals surface area contributed by atoms with Crippen LogP contribution in [0.2, 0.25) is 0 Å². The zero-order valence-electron chi connectivity index (χ0n) is 15.3. The highest BCUT2D eigenvalue weighted by Crippen LogP contribution is 2.76. The lowest BCUT2D eigenvalue weighted by molar-refractivity contribution is -0.458. The maximum atomic E-state index is 13.3. The van der Waals surface area contributed by atoms with Crippen LogP contribution in [0.5, 0.6) is 0 Å². The van der Waals surface area contributed by atoms with E-state index >= 15 is 0 Å². The molecule has 6 aliphatic rings. The van der Waals surface area contributed by atoms with Crippen molar-refractivity contribution in [3.63, 3.8) is 0 Å². The fraction of sp³-hybridized carbons (Fsp3) is 0.850. The van der Waals surface area contributed by atoms with Gasteiger partial charge < -0.3 is 25.2 Å². The lowest BCUT2D eigenvalue weighted by Gasteiger charge is -2.74. The highest BCUT2D eigenvalue weighted by molar-refractivity contribution is 6.05. The van der Waals surface area contributed by atoms with Gasteiger partial charge in [0, 0.05) is 17.3 Å². The lowest BCUT2D eigenvalue weighted by atomic mass is 9.35. The van der Waals surface area contributed by atoms with E-state index in [4.69, 9.17) is 4.74 Å². The molecule has 4 unspecified atom stereocenters. The van der Waals surface area contributed by atoms with Gasteiger partial charge in [-0.25, -0.2) is 0 Å². The quantitative estimate of drug-likeness (QED) is 0.463. The fourth-order valence-electron chi connectivity index (χ4n) is 7.90. The van der Waals surface area contributed by atoms with Crippen molar-refractivity contribution in [1.82, 2.24) is 0 Å². The standard InChI is InChI=1S/C20H28O6/c1-9-10-4-5-11-18-8-26-20(25,19(11,14(9)22)15(10)23)16(24)13(18)17(2,3)7-6-12(18)21/h10-13,15-16,21,23-25H,1,4-8H2,2-3H3/t10-,11?,12?,13+,15?,16?,18-,19+,20+/m0/s1. The van der Waals surface area contributed by atoms with E-state index < -0.39 is 58.5 Å². The van der Waals surface area contributed by atoms with Crippen LogP contribution in [0.3, 0.4) is 0 Å². The molecule has 0 amide bonds. The summed E-state index contributed by atoms with van der Waals surface area (Å²) in [5, 5.41) is 45.1. The Morgan fingerprint density at radius 3 is 2.50 bits per heavy atom. The van der Waals surface area contributed by atoms with Crippen LogP contribution < -0.4 is 0 Å². The molecule has 6 nitrogen and oxygen atoms in total. The van der Waals surface area contributed by atoms with E-state index in [9.17, 15) is 25.2 Å². The van der Waals surface area contributed by atoms with Crippen molar-refractivity contribution in [2.24, 2.45) is 34.0 Å². The van der Waals surface area contributed by atoms with Gasteiger partial charge in [0.1, 0.15) is 11.5 Å². The van der Waals surface area contributed by atoms with Crippen LogP contribution in [-0.2, 0) is 9.53 Å². The number of hydrogen-bond donors (Lipinski definition) is 4. The molecule has 6 heteroatoms. The summed E-state index contributed by atoms with van der Waals surface area (Å²) in [4.78, 5) is 13.3. The van der Waals surface area contributed by atoms with Gasteiger partial charge in [0.05, 0.1) is 18.8 Å². The van der Waals surface area contributed by atoms with Crippen LogP contribution in [-0.4, -0.2) is 56.9 Å². The molecule has 2 heterocycles. The Morgan fingerprint density at radius 1 is 1.12 bits per heavy atom. The Labute approximate surface area is 152 Å². The van der Waals surface area contributed by atoms with Crippen molar-refractivity contribution in [2.75, 3.05) is 6.61 Å². The van der Waals surface area contributed by atoms with Crippen LogP contribution >= 0.6 is 0 Å². The molecule has 6 rings (SSSR count). The summed E-state index contributed by atoms with van der Waals surface area (Å²) in [5.74, 6) is -3.80. The van der Waals surface area contributed by atoms with Gasteiger partial charge in [0.15, 0.2) is 5.78 Å². The summed E-state index contributed by atoms with van der Waals surface area (Å²) in [6.45, 7) is 8.07. The zero-order chi connectivity index (χ0) is 18.9. The molecule has 144 valence electrons. The first-order valence-corrected chi connectivity index (χ1v) is 9.71. The van der Waals surface area contributed by atoms with E-state index in [0.717, 1.165) is 6.42 Å². The number of Topliss-reactive ketones (excluding diaryl/α,β-unsaturated/α-hetero) is 1. The van der Waals surface area contributed by atoms with Gasteiger partial charge in [-0.2, -0.15) is 0 Å². The minimum Gasteiger partial charge on any atom is -0.392 e. The molecule has 0 aromatic rings. The number of aliphatic hydroxyl groups is 4. The Balaban J connectivity index is 1.81. The van der Waals surface area contributed by atoms with Crippen LogP contribution in [0.15, 0.2) is 12.2 Å². The fourth-order valence-corrected chi connectivity index (χ4v) is 7.90. The average molecular weight is 364 g/mol. The molecule has 6 fully saturated rings. The maximum Gasteiger partial charge on any atom is 0.208 e. The molecular weight excluding hydrogens is 336 g/mol. The predicted octanol–water partition coefficient (Wildman–Crippen LogP) is 0.376. The smallest absolute Gasteiger partial charge is 0.208 e. The third-order valence-electron chi connectivity index (χ3n) is 8.88. The molecule has 4 saturated carbocycles. The third kappa shape index (κ3) is 1.41. The van der Waals surface area contributed by atoms with Crippen molar-refractivity contribution in [3.8, 4) is 0 Å². The second-order valence-corrected chi connectivity index (χ2v) is 9.97. The second kappa shape index (κ2) is 4.61. The van der Waals surface area contributed by atoms with Crippen LogP contribution in [0, 0.1) is 34.0 Å². The van der Waals surface area contributed by atoms with E-state index in [2.05, 4.69) is 6.58 Å². The molecule has 9 atom stereocenters.